The Morgan fingerprint density at radius 1 is 0.366 bits per heavy atom. The Morgan fingerprint density at radius 2 is 0.653 bits per heavy atom. The number of nitro benzene ring substituents is 2. The maximum Gasteiger partial charge on any atom is 0.304 e. The molecule has 2 aromatic heterocycles. The number of nitrogens with zero attached hydrogens (tertiary/aromatic N) is 7. The second-order valence-electron chi connectivity index (χ2n) is 28.0. The Kier molecular flexibility index (Phi) is 44.5. The minimum Gasteiger partial charge on any atom is -0.378 e. The van der Waals surface area contributed by atoms with Crippen molar-refractivity contribution in [2.45, 2.75) is 271 Å². The molecule has 101 heavy (non-hydrogen) atoms. The lowest BCUT2D eigenvalue weighted by Crippen LogP contribution is -2.25. The van der Waals surface area contributed by atoms with E-state index in [1.807, 2.05) is 74.9 Å². The predicted molar refractivity (Wildman–Crippen MR) is 431 cm³/mol. The van der Waals surface area contributed by atoms with Crippen LogP contribution in [0.1, 0.15) is 321 Å². The number of halogens is 1. The molecule has 0 aliphatic carbocycles. The van der Waals surface area contributed by atoms with Gasteiger partial charge in [0.05, 0.1) is 21.2 Å². The molecule has 11 nitrogen and oxygen atoms in total. The summed E-state index contributed by atoms with van der Waals surface area (Å²) in [5.74, 6) is -0.857. The number of rotatable bonds is 54. The molecule has 6 rings (SSSR count). The SMILES string of the molecule is CCCCCCCCCCCCCCCCCCCCCCN(CCCCCCCCCCCCCCCCCCCCCC)c1ccc(/C=C/c2ccc(/C=C/c3ccc([N+](=O)[O-])c(C#N)c3)nc2)cc1.CN(C)c1ccc(/C=C/c2ccc(/C=C/c3ccc([N+](=O)[O-])c(F)c3)nc2)cc1. The van der Waals surface area contributed by atoms with Gasteiger partial charge in [-0.2, -0.15) is 9.65 Å². The van der Waals surface area contributed by atoms with Gasteiger partial charge in [-0.3, -0.25) is 30.2 Å². The molecule has 0 saturated carbocycles. The number of nitriles is 1. The maximum absolute atomic E-state index is 13.7. The number of unbranched alkanes of at least 4 members (excludes halogenated alkanes) is 38. The van der Waals surface area contributed by atoms with Gasteiger partial charge in [0.25, 0.3) is 5.69 Å². The first-order valence-electron chi connectivity index (χ1n) is 39.4. The van der Waals surface area contributed by atoms with Crippen LogP contribution in [0.2, 0.25) is 0 Å². The fourth-order valence-electron chi connectivity index (χ4n) is 12.8. The molecule has 4 aromatic carbocycles. The van der Waals surface area contributed by atoms with Gasteiger partial charge in [0.15, 0.2) is 0 Å². The van der Waals surface area contributed by atoms with Crippen molar-refractivity contribution in [3.63, 3.8) is 0 Å². The fourth-order valence-corrected chi connectivity index (χ4v) is 12.8. The Bertz CT molecular complexity index is 3290. The average molecular weight is 1380 g/mol. The number of pyridine rings is 2. The highest BCUT2D eigenvalue weighted by atomic mass is 19.1. The van der Waals surface area contributed by atoms with Crippen LogP contribution in [0.4, 0.5) is 27.1 Å². The summed E-state index contributed by atoms with van der Waals surface area (Å²) in [6.45, 7) is 6.89. The second kappa shape index (κ2) is 53.8. The number of anilines is 2. The topological polar surface area (TPSA) is 142 Å². The van der Waals surface area contributed by atoms with Gasteiger partial charge in [-0.05, 0) is 119 Å². The Labute approximate surface area is 609 Å². The minimum atomic E-state index is -0.857. The molecule has 0 aliphatic rings. The van der Waals surface area contributed by atoms with Gasteiger partial charge in [-0.1, -0.05) is 331 Å². The van der Waals surface area contributed by atoms with E-state index in [-0.39, 0.29) is 11.3 Å². The molecule has 0 bridgehead atoms. The van der Waals surface area contributed by atoms with Crippen molar-refractivity contribution in [1.82, 2.24) is 9.97 Å². The van der Waals surface area contributed by atoms with Crippen LogP contribution in [0.15, 0.2) is 122 Å². The van der Waals surface area contributed by atoms with Gasteiger partial charge >= 0.3 is 5.69 Å². The number of hydrogen-bond donors (Lipinski definition) is 0. The summed E-state index contributed by atoms with van der Waals surface area (Å²) in [6.07, 6.45) is 75.6. The lowest BCUT2D eigenvalue weighted by molar-refractivity contribution is -0.387. The number of nitro groups is 2. The van der Waals surface area contributed by atoms with Gasteiger partial charge < -0.3 is 9.80 Å². The quantitative estimate of drug-likeness (QED) is 0.0207. The second-order valence-corrected chi connectivity index (χ2v) is 28.0. The molecule has 0 aliphatic heterocycles. The van der Waals surface area contributed by atoms with Crippen LogP contribution < -0.4 is 9.80 Å². The van der Waals surface area contributed by atoms with E-state index in [0.29, 0.717) is 16.8 Å². The van der Waals surface area contributed by atoms with Crippen LogP contribution in [-0.2, 0) is 0 Å². The summed E-state index contributed by atoms with van der Waals surface area (Å²) in [5, 5.41) is 31.2. The van der Waals surface area contributed by atoms with Crippen LogP contribution in [0.25, 0.3) is 48.6 Å². The lowest BCUT2D eigenvalue weighted by atomic mass is 10.0. The standard InChI is InChI=1S/C66H104N4O2.C23H20FN3O2/c1-3-5-7-9-11-13-15-17-19-21-23-25-27-29-31-33-35-37-39-41-55-69(56-42-40-38-36-34-32-30-28-26-24-22-20-18-16-14-12-10-8-6-4-2)65-52-47-60(48-53-65)43-44-62-46-51-64(68-59-62)50-45-61-49-54-66(70(71)72)63(57-61)58-67;1-26(2)21-12-7-17(8-13-21)3-4-19-6-11-20(25-16-19)10-5-18-9-14-23(27(28)29)22(24)15-18/h43-54,57,59H,3-42,55-56H2,1-2H3;3-16H,1-2H3/b44-43+,50-45+;4-3+,10-5+. The first-order chi connectivity index (χ1) is 49.5. The van der Waals surface area contributed by atoms with Crippen molar-refractivity contribution < 1.29 is 14.2 Å². The monoisotopic (exact) mass is 1370 g/mol. The lowest BCUT2D eigenvalue weighted by Gasteiger charge is -2.25. The molecule has 0 atom stereocenters. The molecule has 0 spiro atoms. The molecule has 0 amide bonds. The molecule has 0 unspecified atom stereocenters. The van der Waals surface area contributed by atoms with E-state index < -0.39 is 21.4 Å². The third kappa shape index (κ3) is 38.0. The first-order valence-corrected chi connectivity index (χ1v) is 39.4. The van der Waals surface area contributed by atoms with Gasteiger partial charge in [-0.15, -0.1) is 0 Å². The van der Waals surface area contributed by atoms with E-state index in [2.05, 4.69) is 94.3 Å². The summed E-state index contributed by atoms with van der Waals surface area (Å²) >= 11 is 0. The molecule has 0 N–H and O–H groups in total. The van der Waals surface area contributed by atoms with E-state index in [0.717, 1.165) is 53.3 Å². The van der Waals surface area contributed by atoms with Crippen molar-refractivity contribution in [3.05, 3.63) is 198 Å². The number of benzene rings is 4. The van der Waals surface area contributed by atoms with Gasteiger partial charge in [0.1, 0.15) is 11.6 Å². The largest absolute Gasteiger partial charge is 0.378 e. The molecule has 546 valence electrons. The molecule has 0 radical (unpaired) electrons. The molecular formula is C89H124FN7O4. The zero-order chi connectivity index (χ0) is 72.0. The molecule has 6 aromatic rings. The average Bonchev–Trinajstić information content (AvgIpc) is 0.890. The first kappa shape index (κ1) is 83.6. The van der Waals surface area contributed by atoms with Gasteiger partial charge in [-0.25, -0.2) is 0 Å². The molecular weight excluding hydrogens is 1250 g/mol. The normalized spacial score (nSPS) is 11.5. The van der Waals surface area contributed by atoms with Crippen LogP contribution in [0.5, 0.6) is 0 Å². The predicted octanol–water partition coefficient (Wildman–Crippen LogP) is 27.2. The molecule has 2 heterocycles. The Hall–Kier alpha value is -8.04. The summed E-state index contributed by atoms with van der Waals surface area (Å²) in [5.41, 5.74) is 8.78. The fraction of sp³-hybridized carbons (Fsp3) is 0.517. The van der Waals surface area contributed by atoms with Crippen molar-refractivity contribution in [3.8, 4) is 6.07 Å². The maximum atomic E-state index is 13.7. The molecule has 0 saturated heterocycles. The molecule has 0 fully saturated rings. The van der Waals surface area contributed by atoms with Crippen LogP contribution >= 0.6 is 0 Å². The number of hydrogen-bond acceptors (Lipinski definition) is 9. The van der Waals surface area contributed by atoms with Crippen molar-refractivity contribution in [1.29, 1.82) is 5.26 Å². The van der Waals surface area contributed by atoms with E-state index in [1.165, 1.54) is 286 Å². The zero-order valence-electron chi connectivity index (χ0n) is 62.5. The summed E-state index contributed by atoms with van der Waals surface area (Å²) in [7, 11) is 4.01. The third-order valence-electron chi connectivity index (χ3n) is 19.2. The minimum absolute atomic E-state index is 0.0495. The van der Waals surface area contributed by atoms with E-state index >= 15 is 0 Å². The van der Waals surface area contributed by atoms with Crippen LogP contribution in [0.3, 0.4) is 0 Å². The smallest absolute Gasteiger partial charge is 0.304 e. The zero-order valence-corrected chi connectivity index (χ0v) is 62.5. The van der Waals surface area contributed by atoms with Crippen LogP contribution in [0, 0.1) is 37.4 Å². The van der Waals surface area contributed by atoms with Crippen LogP contribution in [-0.4, -0.2) is 47.0 Å². The highest BCUT2D eigenvalue weighted by molar-refractivity contribution is 5.74. The summed E-state index contributed by atoms with van der Waals surface area (Å²) in [6, 6.07) is 35.4. The van der Waals surface area contributed by atoms with E-state index in [4.69, 9.17) is 0 Å². The van der Waals surface area contributed by atoms with Crippen molar-refractivity contribution in [2.24, 2.45) is 0 Å². The van der Waals surface area contributed by atoms with E-state index in [9.17, 15) is 29.9 Å². The highest BCUT2D eigenvalue weighted by Gasteiger charge is 2.15. The van der Waals surface area contributed by atoms with Gasteiger partial charge in [0.2, 0.25) is 5.82 Å². The molecule has 12 heteroatoms. The van der Waals surface area contributed by atoms with Crippen molar-refractivity contribution >= 4 is 71.4 Å². The summed E-state index contributed by atoms with van der Waals surface area (Å²) < 4.78 is 13.7. The summed E-state index contributed by atoms with van der Waals surface area (Å²) in [4.78, 5) is 34.2. The third-order valence-corrected chi connectivity index (χ3v) is 19.2. The number of aromatic nitrogens is 2. The van der Waals surface area contributed by atoms with E-state index in [1.54, 1.807) is 24.4 Å². The van der Waals surface area contributed by atoms with Crippen molar-refractivity contribution in [2.75, 3.05) is 37.0 Å². The Balaban J connectivity index is 0.000000522. The Morgan fingerprint density at radius 3 is 0.960 bits per heavy atom. The highest BCUT2D eigenvalue weighted by Crippen LogP contribution is 2.25. The van der Waals surface area contributed by atoms with Gasteiger partial charge in [0, 0.05) is 63.1 Å².